The average molecular weight is 348 g/mol. The first kappa shape index (κ1) is 17.3. The third kappa shape index (κ3) is 3.75. The first-order chi connectivity index (χ1) is 12.0. The van der Waals surface area contributed by atoms with Gasteiger partial charge >= 0.3 is 5.69 Å². The second-order valence-electron chi connectivity index (χ2n) is 6.32. The van der Waals surface area contributed by atoms with Gasteiger partial charge < -0.3 is 0 Å². The molecular weight excluding hydrogens is 330 g/mol. The van der Waals surface area contributed by atoms with Crippen LogP contribution in [0.3, 0.4) is 0 Å². The number of hydrogen-bond donors (Lipinski definition) is 0. The molecule has 0 N–H and O–H groups in total. The molecule has 0 aliphatic heterocycles. The Morgan fingerprint density at radius 2 is 1.84 bits per heavy atom. The molecule has 0 spiro atoms. The van der Waals surface area contributed by atoms with Gasteiger partial charge in [-0.15, -0.1) is 0 Å². The fourth-order valence-corrected chi connectivity index (χ4v) is 3.25. The highest BCUT2D eigenvalue weighted by Gasteiger charge is 2.20. The zero-order valence-corrected chi connectivity index (χ0v) is 13.6. The van der Waals surface area contributed by atoms with Crippen LogP contribution in [0, 0.1) is 11.6 Å². The number of halogens is 2. The molecule has 1 aliphatic rings. The van der Waals surface area contributed by atoms with Gasteiger partial charge in [0.2, 0.25) is 0 Å². The summed E-state index contributed by atoms with van der Waals surface area (Å²) in [5.41, 5.74) is -1.05. The van der Waals surface area contributed by atoms with Crippen molar-refractivity contribution in [3.8, 4) is 0 Å². The van der Waals surface area contributed by atoms with Crippen LogP contribution in [0.4, 0.5) is 8.78 Å². The van der Waals surface area contributed by atoms with Crippen molar-refractivity contribution in [3.05, 3.63) is 68.5 Å². The fourth-order valence-electron chi connectivity index (χ4n) is 3.25. The second-order valence-corrected chi connectivity index (χ2v) is 6.32. The minimum atomic E-state index is -0.822. The van der Waals surface area contributed by atoms with E-state index in [0.717, 1.165) is 36.3 Å². The number of nitrogens with zero attached hydrogens (tertiary/aromatic N) is 2. The van der Waals surface area contributed by atoms with Crippen LogP contribution >= 0.6 is 0 Å². The van der Waals surface area contributed by atoms with Gasteiger partial charge in [-0.05, 0) is 24.5 Å². The van der Waals surface area contributed by atoms with Crippen LogP contribution in [0.5, 0.6) is 0 Å². The normalized spacial score (nSPS) is 14.8. The van der Waals surface area contributed by atoms with Crippen LogP contribution in [0.25, 0.3) is 0 Å². The van der Waals surface area contributed by atoms with E-state index < -0.39 is 35.2 Å². The molecule has 0 bridgehead atoms. The lowest BCUT2D eigenvalue weighted by Crippen LogP contribution is -2.41. The third-order valence-corrected chi connectivity index (χ3v) is 4.55. The number of Topliss-reactive ketones (excluding diaryl/α,β-unsaturated/α-hetero) is 1. The van der Waals surface area contributed by atoms with Crippen molar-refractivity contribution in [1.82, 2.24) is 9.13 Å². The van der Waals surface area contributed by atoms with Gasteiger partial charge in [0.05, 0.1) is 6.54 Å². The van der Waals surface area contributed by atoms with E-state index in [0.29, 0.717) is 6.07 Å². The SMILES string of the molecule is O=C(Cc1ccc(F)cc1F)Cn1c(=O)ccn(C2CCCC2)c1=O. The molecule has 25 heavy (non-hydrogen) atoms. The molecule has 0 saturated heterocycles. The zero-order valence-electron chi connectivity index (χ0n) is 13.6. The predicted octanol–water partition coefficient (Wildman–Crippen LogP) is 2.22. The molecule has 2 aromatic rings. The van der Waals surface area contributed by atoms with Gasteiger partial charge in [0.25, 0.3) is 5.56 Å². The Morgan fingerprint density at radius 3 is 2.52 bits per heavy atom. The van der Waals surface area contributed by atoms with Gasteiger partial charge in [-0.1, -0.05) is 18.9 Å². The van der Waals surface area contributed by atoms with Crippen LogP contribution in [0.2, 0.25) is 0 Å². The summed E-state index contributed by atoms with van der Waals surface area (Å²) in [4.78, 5) is 36.7. The number of carbonyl (C=O) groups excluding carboxylic acids is 1. The molecule has 1 aromatic heterocycles. The van der Waals surface area contributed by atoms with E-state index in [4.69, 9.17) is 0 Å². The molecule has 1 heterocycles. The number of aromatic nitrogens is 2. The van der Waals surface area contributed by atoms with E-state index in [2.05, 4.69) is 0 Å². The summed E-state index contributed by atoms with van der Waals surface area (Å²) in [6.45, 7) is -0.429. The molecule has 132 valence electrons. The second kappa shape index (κ2) is 7.13. The lowest BCUT2D eigenvalue weighted by atomic mass is 10.1. The maximum absolute atomic E-state index is 13.7. The zero-order chi connectivity index (χ0) is 18.0. The number of carbonyl (C=O) groups is 1. The van der Waals surface area contributed by atoms with Gasteiger partial charge in [-0.2, -0.15) is 0 Å². The fraction of sp³-hybridized carbons (Fsp3) is 0.389. The largest absolute Gasteiger partial charge is 0.331 e. The van der Waals surface area contributed by atoms with Crippen LogP contribution in [-0.2, 0) is 17.8 Å². The number of ketones is 1. The van der Waals surface area contributed by atoms with Gasteiger partial charge in [-0.3, -0.25) is 18.7 Å². The Labute approximate surface area is 142 Å². The summed E-state index contributed by atoms with van der Waals surface area (Å²) in [7, 11) is 0. The maximum Gasteiger partial charge on any atom is 0.331 e. The van der Waals surface area contributed by atoms with Crippen LogP contribution in [0.1, 0.15) is 37.3 Å². The lowest BCUT2D eigenvalue weighted by molar-refractivity contribution is -0.119. The molecule has 0 amide bonds. The first-order valence-corrected chi connectivity index (χ1v) is 8.23. The predicted molar refractivity (Wildman–Crippen MR) is 87.5 cm³/mol. The van der Waals surface area contributed by atoms with Crippen molar-refractivity contribution in [2.24, 2.45) is 0 Å². The maximum atomic E-state index is 13.7. The van der Waals surface area contributed by atoms with Gasteiger partial charge in [0.1, 0.15) is 11.6 Å². The van der Waals surface area contributed by atoms with E-state index in [9.17, 15) is 23.2 Å². The van der Waals surface area contributed by atoms with E-state index in [-0.39, 0.29) is 18.0 Å². The highest BCUT2D eigenvalue weighted by molar-refractivity contribution is 5.80. The number of benzene rings is 1. The molecule has 1 aromatic carbocycles. The van der Waals surface area contributed by atoms with Crippen molar-refractivity contribution >= 4 is 5.78 Å². The van der Waals surface area contributed by atoms with E-state index in [1.807, 2.05) is 0 Å². The molecule has 7 heteroatoms. The number of rotatable bonds is 5. The monoisotopic (exact) mass is 348 g/mol. The Kier molecular flexibility index (Phi) is 4.92. The van der Waals surface area contributed by atoms with Gasteiger partial charge in [-0.25, -0.2) is 13.6 Å². The molecule has 0 unspecified atom stereocenters. The van der Waals surface area contributed by atoms with Crippen molar-refractivity contribution in [2.75, 3.05) is 0 Å². The van der Waals surface area contributed by atoms with Crippen molar-refractivity contribution in [1.29, 1.82) is 0 Å². The molecule has 5 nitrogen and oxygen atoms in total. The summed E-state index contributed by atoms with van der Waals surface area (Å²) in [5, 5.41) is 0. The number of hydrogen-bond acceptors (Lipinski definition) is 3. The van der Waals surface area contributed by atoms with Crippen LogP contribution < -0.4 is 11.2 Å². The molecule has 1 fully saturated rings. The third-order valence-electron chi connectivity index (χ3n) is 4.55. The lowest BCUT2D eigenvalue weighted by Gasteiger charge is -2.15. The Morgan fingerprint density at radius 1 is 1.12 bits per heavy atom. The summed E-state index contributed by atoms with van der Waals surface area (Å²) >= 11 is 0. The Hall–Kier alpha value is -2.57. The topological polar surface area (TPSA) is 61.1 Å². The molecule has 0 radical (unpaired) electrons. The molecule has 1 saturated carbocycles. The Balaban J connectivity index is 1.82. The van der Waals surface area contributed by atoms with E-state index in [1.165, 1.54) is 22.9 Å². The Bertz CT molecular complexity index is 911. The highest BCUT2D eigenvalue weighted by atomic mass is 19.1. The summed E-state index contributed by atoms with van der Waals surface area (Å²) < 4.78 is 28.9. The van der Waals surface area contributed by atoms with Crippen molar-refractivity contribution in [2.45, 2.75) is 44.7 Å². The molecule has 3 rings (SSSR count). The average Bonchev–Trinajstić information content (AvgIpc) is 3.08. The molecule has 1 aliphatic carbocycles. The highest BCUT2D eigenvalue weighted by Crippen LogP contribution is 2.27. The summed E-state index contributed by atoms with van der Waals surface area (Å²) in [6, 6.07) is 4.26. The molecular formula is C18H18F2N2O3. The van der Waals surface area contributed by atoms with E-state index >= 15 is 0 Å². The minimum absolute atomic E-state index is 0.0338. The van der Waals surface area contributed by atoms with Gasteiger partial charge in [0.15, 0.2) is 5.78 Å². The molecule has 0 atom stereocenters. The van der Waals surface area contributed by atoms with Gasteiger partial charge in [0, 0.05) is 30.8 Å². The van der Waals surface area contributed by atoms with Crippen LogP contribution in [0.15, 0.2) is 40.1 Å². The van der Waals surface area contributed by atoms with Crippen molar-refractivity contribution in [3.63, 3.8) is 0 Å². The van der Waals surface area contributed by atoms with Crippen molar-refractivity contribution < 1.29 is 13.6 Å². The summed E-state index contributed by atoms with van der Waals surface area (Å²) in [6.07, 6.45) is 4.95. The van der Waals surface area contributed by atoms with Crippen LogP contribution in [-0.4, -0.2) is 14.9 Å². The first-order valence-electron chi connectivity index (χ1n) is 8.23. The smallest absolute Gasteiger partial charge is 0.297 e. The summed E-state index contributed by atoms with van der Waals surface area (Å²) in [5.74, 6) is -2.04. The minimum Gasteiger partial charge on any atom is -0.297 e. The quantitative estimate of drug-likeness (QED) is 0.832. The van der Waals surface area contributed by atoms with E-state index in [1.54, 1.807) is 0 Å². The standard InChI is InChI=1S/C18H18F2N2O3/c19-13-6-5-12(16(20)10-13)9-15(23)11-22-17(24)7-8-21(18(22)25)14-3-1-2-4-14/h5-8,10,14H,1-4,9,11H2.